The number of rotatable bonds is 7. The highest BCUT2D eigenvalue weighted by atomic mass is 16.5. The van der Waals surface area contributed by atoms with Gasteiger partial charge in [0.05, 0.1) is 21.3 Å². The Hall–Kier alpha value is -2.44. The van der Waals surface area contributed by atoms with Crippen LogP contribution in [0.1, 0.15) is 81.3 Å². The first-order chi connectivity index (χ1) is 18.2. The van der Waals surface area contributed by atoms with Gasteiger partial charge in [0, 0.05) is 25.2 Å². The van der Waals surface area contributed by atoms with Crippen LogP contribution in [-0.4, -0.2) is 51.5 Å². The largest absolute Gasteiger partial charge is 0.493 e. The molecule has 1 fully saturated rings. The maximum absolute atomic E-state index is 6.27. The molecule has 6 nitrogen and oxygen atoms in total. The molecule has 5 rings (SSSR count). The van der Waals surface area contributed by atoms with E-state index in [9.17, 15) is 0 Å². The summed E-state index contributed by atoms with van der Waals surface area (Å²) in [6, 6.07) is 9.67. The van der Waals surface area contributed by atoms with Crippen LogP contribution in [0.3, 0.4) is 0 Å². The van der Waals surface area contributed by atoms with Crippen LogP contribution in [0.15, 0.2) is 24.3 Å². The predicted octanol–water partition coefficient (Wildman–Crippen LogP) is 6.11. The van der Waals surface area contributed by atoms with E-state index in [0.717, 1.165) is 55.4 Å². The van der Waals surface area contributed by atoms with Gasteiger partial charge in [0.1, 0.15) is 5.60 Å². The number of hydrogen-bond donors (Lipinski definition) is 1. The van der Waals surface area contributed by atoms with Crippen LogP contribution >= 0.6 is 0 Å². The molecule has 6 heteroatoms. The number of ether oxygens (including phenoxy) is 4. The van der Waals surface area contributed by atoms with Crippen molar-refractivity contribution < 1.29 is 18.9 Å². The third-order valence-electron chi connectivity index (χ3n) is 8.84. The summed E-state index contributed by atoms with van der Waals surface area (Å²) in [4.78, 5) is 2.72. The minimum absolute atomic E-state index is 0.265. The smallest absolute Gasteiger partial charge is 0.162 e. The molecule has 3 aliphatic heterocycles. The molecule has 0 aromatic heterocycles. The summed E-state index contributed by atoms with van der Waals surface area (Å²) < 4.78 is 23.4. The fourth-order valence-electron chi connectivity index (χ4n) is 6.99. The first-order valence-corrected chi connectivity index (χ1v) is 14.4. The molecule has 38 heavy (non-hydrogen) atoms. The summed E-state index contributed by atoms with van der Waals surface area (Å²) in [6.45, 7) is 11.9. The second-order valence-electron chi connectivity index (χ2n) is 12.2. The first kappa shape index (κ1) is 27.1. The van der Waals surface area contributed by atoms with Crippen molar-refractivity contribution in [2.75, 3.05) is 41.0 Å². The molecule has 2 aromatic carbocycles. The summed E-state index contributed by atoms with van der Waals surface area (Å²) >= 11 is 0. The lowest BCUT2D eigenvalue weighted by molar-refractivity contribution is 0.0434. The minimum Gasteiger partial charge on any atom is -0.493 e. The predicted molar refractivity (Wildman–Crippen MR) is 152 cm³/mol. The van der Waals surface area contributed by atoms with Crippen molar-refractivity contribution in [2.45, 2.75) is 77.5 Å². The van der Waals surface area contributed by atoms with Crippen molar-refractivity contribution in [1.82, 2.24) is 10.2 Å². The van der Waals surface area contributed by atoms with Crippen LogP contribution in [0, 0.1) is 11.8 Å². The highest BCUT2D eigenvalue weighted by molar-refractivity contribution is 5.51. The SMILES string of the molecule is CC[C@H]1CN2CCc3cc(OC)c(OC)cc3[C@@H]2C[C@@H]1C[C@H]1NCCc2cc(OC(C)(C)C)c(OC)cc21. The van der Waals surface area contributed by atoms with E-state index in [1.807, 2.05) is 0 Å². The van der Waals surface area contributed by atoms with E-state index in [-0.39, 0.29) is 5.60 Å². The van der Waals surface area contributed by atoms with E-state index in [4.69, 9.17) is 18.9 Å². The molecule has 1 saturated heterocycles. The van der Waals surface area contributed by atoms with Gasteiger partial charge in [-0.2, -0.15) is 0 Å². The third-order valence-corrected chi connectivity index (χ3v) is 8.84. The van der Waals surface area contributed by atoms with Crippen molar-refractivity contribution in [2.24, 2.45) is 11.8 Å². The Morgan fingerprint density at radius 3 is 2.16 bits per heavy atom. The zero-order valence-corrected chi connectivity index (χ0v) is 24.4. The van der Waals surface area contributed by atoms with Crippen LogP contribution in [0.5, 0.6) is 23.0 Å². The van der Waals surface area contributed by atoms with Crippen LogP contribution in [-0.2, 0) is 12.8 Å². The lowest BCUT2D eigenvalue weighted by Gasteiger charge is -2.48. The Balaban J connectivity index is 1.42. The molecule has 0 bridgehead atoms. The highest BCUT2D eigenvalue weighted by Crippen LogP contribution is 2.48. The fraction of sp³-hybridized carbons (Fsp3) is 0.625. The average molecular weight is 523 g/mol. The Morgan fingerprint density at radius 2 is 1.47 bits per heavy atom. The van der Waals surface area contributed by atoms with Gasteiger partial charge in [0.15, 0.2) is 23.0 Å². The van der Waals surface area contributed by atoms with Gasteiger partial charge in [-0.25, -0.2) is 0 Å². The van der Waals surface area contributed by atoms with E-state index >= 15 is 0 Å². The van der Waals surface area contributed by atoms with Crippen LogP contribution < -0.4 is 24.3 Å². The Bertz CT molecular complexity index is 1140. The molecule has 0 spiro atoms. The van der Waals surface area contributed by atoms with E-state index in [1.54, 1.807) is 21.3 Å². The molecule has 0 amide bonds. The van der Waals surface area contributed by atoms with Gasteiger partial charge in [-0.1, -0.05) is 13.3 Å². The normalized spacial score (nSPS) is 25.1. The quantitative estimate of drug-likeness (QED) is 0.473. The molecule has 0 radical (unpaired) electrons. The van der Waals surface area contributed by atoms with Crippen molar-refractivity contribution in [1.29, 1.82) is 0 Å². The zero-order chi connectivity index (χ0) is 27.0. The van der Waals surface area contributed by atoms with E-state index in [2.05, 4.69) is 62.2 Å². The number of hydrogen-bond acceptors (Lipinski definition) is 6. The van der Waals surface area contributed by atoms with Crippen molar-refractivity contribution >= 4 is 0 Å². The van der Waals surface area contributed by atoms with Crippen LogP contribution in [0.4, 0.5) is 0 Å². The lowest BCUT2D eigenvalue weighted by Crippen LogP contribution is -2.46. The number of fused-ring (bicyclic) bond motifs is 4. The topological polar surface area (TPSA) is 52.2 Å². The molecule has 0 aliphatic carbocycles. The molecular formula is C32H46N2O4. The summed E-state index contributed by atoms with van der Waals surface area (Å²) in [6.07, 6.45) is 5.62. The minimum atomic E-state index is -0.265. The molecule has 208 valence electrons. The summed E-state index contributed by atoms with van der Waals surface area (Å²) in [5.41, 5.74) is 5.34. The molecule has 2 aromatic rings. The first-order valence-electron chi connectivity index (χ1n) is 14.4. The summed E-state index contributed by atoms with van der Waals surface area (Å²) in [5, 5.41) is 3.86. The molecule has 0 unspecified atom stereocenters. The van der Waals surface area contributed by atoms with Crippen molar-refractivity contribution in [3.63, 3.8) is 0 Å². The van der Waals surface area contributed by atoms with Gasteiger partial charge in [-0.05, 0) is 111 Å². The van der Waals surface area contributed by atoms with Gasteiger partial charge < -0.3 is 24.3 Å². The number of methoxy groups -OCH3 is 3. The Kier molecular flexibility index (Phi) is 7.84. The van der Waals surface area contributed by atoms with Crippen molar-refractivity contribution in [3.8, 4) is 23.0 Å². The van der Waals surface area contributed by atoms with E-state index in [1.165, 1.54) is 41.6 Å². The van der Waals surface area contributed by atoms with E-state index < -0.39 is 0 Å². The fourth-order valence-corrected chi connectivity index (χ4v) is 6.99. The number of piperidine rings is 1. The highest BCUT2D eigenvalue weighted by Gasteiger charge is 2.40. The van der Waals surface area contributed by atoms with Crippen molar-refractivity contribution in [3.05, 3.63) is 46.5 Å². The van der Waals surface area contributed by atoms with Gasteiger partial charge in [0.25, 0.3) is 0 Å². The lowest BCUT2D eigenvalue weighted by atomic mass is 9.72. The number of nitrogens with zero attached hydrogens (tertiary/aromatic N) is 1. The van der Waals surface area contributed by atoms with Gasteiger partial charge in [0.2, 0.25) is 0 Å². The van der Waals surface area contributed by atoms with Gasteiger partial charge in [-0.3, -0.25) is 4.90 Å². The zero-order valence-electron chi connectivity index (χ0n) is 24.4. The maximum atomic E-state index is 6.27. The maximum Gasteiger partial charge on any atom is 0.162 e. The second-order valence-corrected chi connectivity index (χ2v) is 12.2. The van der Waals surface area contributed by atoms with Crippen LogP contribution in [0.2, 0.25) is 0 Å². The molecule has 0 saturated carbocycles. The number of nitrogens with one attached hydrogen (secondary N) is 1. The molecule has 4 atom stereocenters. The summed E-state index contributed by atoms with van der Waals surface area (Å²) in [7, 11) is 5.21. The van der Waals surface area contributed by atoms with E-state index in [0.29, 0.717) is 23.9 Å². The average Bonchev–Trinajstić information content (AvgIpc) is 2.90. The van der Waals surface area contributed by atoms with Gasteiger partial charge in [-0.15, -0.1) is 0 Å². The standard InChI is InChI=1S/C32H46N2O4/c1-8-20-19-34-12-10-22-15-28(35-5)29(36-6)18-25(22)27(34)14-23(20)13-26-24-17-30(37-7)31(38-32(2,3)4)16-21(24)9-11-33-26/h15-18,20,23,26-27,33H,8-14,19H2,1-7H3/t20-,23-,26+,27-/m0/s1. The molecule has 1 N–H and O–H groups in total. The Morgan fingerprint density at radius 1 is 0.842 bits per heavy atom. The number of benzene rings is 2. The molecule has 3 aliphatic rings. The molecular weight excluding hydrogens is 476 g/mol. The van der Waals surface area contributed by atoms with Gasteiger partial charge >= 0.3 is 0 Å². The summed E-state index contributed by atoms with van der Waals surface area (Å²) in [5.74, 6) is 4.69. The second kappa shape index (κ2) is 11.0. The molecule has 3 heterocycles. The third kappa shape index (κ3) is 5.35. The Labute approximate surface area is 229 Å². The monoisotopic (exact) mass is 522 g/mol. The van der Waals surface area contributed by atoms with Crippen LogP contribution in [0.25, 0.3) is 0 Å².